The predicted octanol–water partition coefficient (Wildman–Crippen LogP) is 4.13. The van der Waals surface area contributed by atoms with E-state index in [1.807, 2.05) is 12.1 Å². The fourth-order valence-electron chi connectivity index (χ4n) is 1.04. The Balaban J connectivity index is 3.04. The molecule has 0 amide bonds. The third kappa shape index (κ3) is 2.69. The average molecular weight is 189 g/mol. The Hall–Kier alpha value is -1.11. The minimum atomic E-state index is 0.155. The zero-order chi connectivity index (χ0) is 10.8. The summed E-state index contributed by atoms with van der Waals surface area (Å²) in [5.74, 6) is 0. The number of rotatable bonds is 1. The number of hydrogen-bond donors (Lipinski definition) is 0. The first-order valence-electron chi connectivity index (χ1n) is 5.02. The van der Waals surface area contributed by atoms with E-state index < -0.39 is 0 Å². The summed E-state index contributed by atoms with van der Waals surface area (Å²) in [4.78, 5) is 4.65. The van der Waals surface area contributed by atoms with Crippen molar-refractivity contribution in [3.63, 3.8) is 0 Å². The van der Waals surface area contributed by atoms with Gasteiger partial charge in [0.2, 0.25) is 0 Å². The molecule has 0 spiro atoms. The van der Waals surface area contributed by atoms with Crippen LogP contribution in [0.2, 0.25) is 0 Å². The van der Waals surface area contributed by atoms with E-state index in [2.05, 4.69) is 51.7 Å². The first-order chi connectivity index (χ1) is 6.41. The van der Waals surface area contributed by atoms with Crippen LogP contribution in [-0.2, 0) is 0 Å². The molecule has 0 aromatic heterocycles. The summed E-state index contributed by atoms with van der Waals surface area (Å²) in [6.07, 6.45) is 0. The standard InChI is InChI=1S/C13H19N/c1-10-8-6-7-9-12(10)14-11(2)13(3,4)5/h6-9H,1-5H3. The first kappa shape index (κ1) is 11.0. The van der Waals surface area contributed by atoms with Crippen LogP contribution in [0.4, 0.5) is 5.69 Å². The zero-order valence-electron chi connectivity index (χ0n) is 9.76. The molecule has 0 aliphatic carbocycles. The Morgan fingerprint density at radius 2 is 1.71 bits per heavy atom. The number of aryl methyl sites for hydroxylation is 1. The first-order valence-corrected chi connectivity index (χ1v) is 5.02. The summed E-state index contributed by atoms with van der Waals surface area (Å²) in [5.41, 5.74) is 3.64. The van der Waals surface area contributed by atoms with Gasteiger partial charge in [-0.15, -0.1) is 0 Å². The van der Waals surface area contributed by atoms with Crippen LogP contribution in [0.25, 0.3) is 0 Å². The largest absolute Gasteiger partial charge is 0.257 e. The summed E-state index contributed by atoms with van der Waals surface area (Å²) in [7, 11) is 0. The molecule has 1 aromatic carbocycles. The smallest absolute Gasteiger partial charge is 0.0658 e. The maximum Gasteiger partial charge on any atom is 0.0658 e. The van der Waals surface area contributed by atoms with Crippen LogP contribution in [0.15, 0.2) is 29.3 Å². The van der Waals surface area contributed by atoms with Crippen molar-refractivity contribution < 1.29 is 0 Å². The van der Waals surface area contributed by atoms with E-state index in [0.717, 1.165) is 5.69 Å². The van der Waals surface area contributed by atoms with Crippen LogP contribution in [-0.4, -0.2) is 5.71 Å². The molecule has 0 atom stereocenters. The maximum atomic E-state index is 4.65. The second kappa shape index (κ2) is 3.95. The third-order valence-electron chi connectivity index (χ3n) is 2.49. The van der Waals surface area contributed by atoms with Crippen molar-refractivity contribution in [3.8, 4) is 0 Å². The molecule has 1 aromatic rings. The maximum absolute atomic E-state index is 4.65. The van der Waals surface area contributed by atoms with Gasteiger partial charge >= 0.3 is 0 Å². The molecule has 1 heteroatoms. The molecule has 0 heterocycles. The lowest BCUT2D eigenvalue weighted by Crippen LogP contribution is -2.16. The Labute approximate surface area is 86.9 Å². The van der Waals surface area contributed by atoms with Crippen LogP contribution in [0.1, 0.15) is 33.3 Å². The zero-order valence-corrected chi connectivity index (χ0v) is 9.76. The lowest BCUT2D eigenvalue weighted by molar-refractivity contribution is 0.588. The summed E-state index contributed by atoms with van der Waals surface area (Å²) >= 11 is 0. The van der Waals surface area contributed by atoms with Crippen molar-refractivity contribution in [3.05, 3.63) is 29.8 Å². The molecule has 1 rings (SSSR count). The summed E-state index contributed by atoms with van der Waals surface area (Å²) in [5, 5.41) is 0. The molecule has 0 N–H and O–H groups in total. The van der Waals surface area contributed by atoms with Crippen molar-refractivity contribution in [1.82, 2.24) is 0 Å². The van der Waals surface area contributed by atoms with Gasteiger partial charge in [-0.2, -0.15) is 0 Å². The second-order valence-electron chi connectivity index (χ2n) is 4.73. The molecule has 76 valence electrons. The molecule has 14 heavy (non-hydrogen) atoms. The van der Waals surface area contributed by atoms with Gasteiger partial charge in [0, 0.05) is 5.71 Å². The van der Waals surface area contributed by atoms with E-state index in [9.17, 15) is 0 Å². The Morgan fingerprint density at radius 1 is 1.14 bits per heavy atom. The van der Waals surface area contributed by atoms with Crippen LogP contribution in [0.3, 0.4) is 0 Å². The number of benzene rings is 1. The van der Waals surface area contributed by atoms with Crippen LogP contribution < -0.4 is 0 Å². The van der Waals surface area contributed by atoms with E-state index in [1.165, 1.54) is 11.3 Å². The van der Waals surface area contributed by atoms with E-state index >= 15 is 0 Å². The fourth-order valence-corrected chi connectivity index (χ4v) is 1.04. The Kier molecular flexibility index (Phi) is 3.10. The molecule has 0 saturated carbocycles. The lowest BCUT2D eigenvalue weighted by atomic mass is 9.91. The SMILES string of the molecule is CC(=Nc1ccccc1C)C(C)(C)C. The van der Waals surface area contributed by atoms with E-state index in [0.29, 0.717) is 0 Å². The van der Waals surface area contributed by atoms with E-state index in [1.54, 1.807) is 0 Å². The molecular formula is C13H19N. The average Bonchev–Trinajstić information content (AvgIpc) is 2.07. The van der Waals surface area contributed by atoms with Gasteiger partial charge < -0.3 is 0 Å². The van der Waals surface area contributed by atoms with Gasteiger partial charge in [-0.3, -0.25) is 4.99 Å². The van der Waals surface area contributed by atoms with Crippen LogP contribution in [0.5, 0.6) is 0 Å². The van der Waals surface area contributed by atoms with Gasteiger partial charge in [-0.25, -0.2) is 0 Å². The summed E-state index contributed by atoms with van der Waals surface area (Å²) in [6.45, 7) is 10.7. The van der Waals surface area contributed by atoms with Crippen molar-refractivity contribution in [2.24, 2.45) is 10.4 Å². The fraction of sp³-hybridized carbons (Fsp3) is 0.462. The van der Waals surface area contributed by atoms with E-state index in [4.69, 9.17) is 0 Å². The van der Waals surface area contributed by atoms with E-state index in [-0.39, 0.29) is 5.41 Å². The van der Waals surface area contributed by atoms with Gasteiger partial charge in [-0.05, 0) is 30.9 Å². The molecule has 0 bridgehead atoms. The molecular weight excluding hydrogens is 170 g/mol. The highest BCUT2D eigenvalue weighted by Gasteiger charge is 2.14. The summed E-state index contributed by atoms with van der Waals surface area (Å²) < 4.78 is 0. The minimum absolute atomic E-state index is 0.155. The number of nitrogens with zero attached hydrogens (tertiary/aromatic N) is 1. The molecule has 0 radical (unpaired) electrons. The molecule has 0 fully saturated rings. The van der Waals surface area contributed by atoms with Crippen molar-refractivity contribution >= 4 is 11.4 Å². The Morgan fingerprint density at radius 3 is 2.21 bits per heavy atom. The highest BCUT2D eigenvalue weighted by Crippen LogP contribution is 2.23. The predicted molar refractivity (Wildman–Crippen MR) is 63.4 cm³/mol. The van der Waals surface area contributed by atoms with Crippen molar-refractivity contribution in [2.75, 3.05) is 0 Å². The van der Waals surface area contributed by atoms with Crippen molar-refractivity contribution in [1.29, 1.82) is 0 Å². The molecule has 1 nitrogen and oxygen atoms in total. The third-order valence-corrected chi connectivity index (χ3v) is 2.49. The molecule has 0 aliphatic rings. The normalized spacial score (nSPS) is 13.1. The Bertz CT molecular complexity index is 342. The summed E-state index contributed by atoms with van der Waals surface area (Å²) in [6, 6.07) is 8.22. The van der Waals surface area contributed by atoms with Crippen LogP contribution >= 0.6 is 0 Å². The lowest BCUT2D eigenvalue weighted by Gasteiger charge is -2.18. The quantitative estimate of drug-likeness (QED) is 0.589. The molecule has 0 aliphatic heterocycles. The van der Waals surface area contributed by atoms with Crippen molar-refractivity contribution in [2.45, 2.75) is 34.6 Å². The number of hydrogen-bond acceptors (Lipinski definition) is 1. The highest BCUT2D eigenvalue weighted by molar-refractivity contribution is 5.89. The van der Waals surface area contributed by atoms with Gasteiger partial charge in [0.15, 0.2) is 0 Å². The van der Waals surface area contributed by atoms with Gasteiger partial charge in [0.05, 0.1) is 5.69 Å². The molecule has 0 saturated heterocycles. The van der Waals surface area contributed by atoms with Gasteiger partial charge in [-0.1, -0.05) is 39.0 Å². The van der Waals surface area contributed by atoms with Gasteiger partial charge in [0.25, 0.3) is 0 Å². The minimum Gasteiger partial charge on any atom is -0.257 e. The molecule has 0 unspecified atom stereocenters. The number of aliphatic imine (C=N–C) groups is 1. The van der Waals surface area contributed by atoms with Gasteiger partial charge in [0.1, 0.15) is 0 Å². The second-order valence-corrected chi connectivity index (χ2v) is 4.73. The topological polar surface area (TPSA) is 12.4 Å². The monoisotopic (exact) mass is 189 g/mol. The van der Waals surface area contributed by atoms with Crippen LogP contribution in [0, 0.1) is 12.3 Å². The number of para-hydroxylation sites is 1. The highest BCUT2D eigenvalue weighted by atomic mass is 14.8.